The van der Waals surface area contributed by atoms with Crippen LogP contribution >= 0.6 is 0 Å². The van der Waals surface area contributed by atoms with E-state index < -0.39 is 0 Å². The van der Waals surface area contributed by atoms with Crippen molar-refractivity contribution in [2.24, 2.45) is 0 Å². The first-order chi connectivity index (χ1) is 14.7. The van der Waals surface area contributed by atoms with Crippen molar-refractivity contribution in [1.29, 1.82) is 0 Å². The second-order valence-electron chi connectivity index (χ2n) is 7.44. The van der Waals surface area contributed by atoms with Gasteiger partial charge in [0.25, 0.3) is 0 Å². The van der Waals surface area contributed by atoms with Crippen LogP contribution in [0.4, 0.5) is 5.82 Å². The molecule has 0 saturated heterocycles. The molecule has 0 aliphatic carbocycles. The van der Waals surface area contributed by atoms with E-state index in [0.29, 0.717) is 5.82 Å². The van der Waals surface area contributed by atoms with Gasteiger partial charge in [0, 0.05) is 28.9 Å². The summed E-state index contributed by atoms with van der Waals surface area (Å²) < 4.78 is 5.30. The van der Waals surface area contributed by atoms with Gasteiger partial charge in [-0.1, -0.05) is 12.1 Å². The van der Waals surface area contributed by atoms with E-state index in [-0.39, 0.29) is 6.04 Å². The first-order valence-electron chi connectivity index (χ1n) is 10.0. The number of methoxy groups -OCH3 is 1. The van der Waals surface area contributed by atoms with Crippen LogP contribution in [-0.4, -0.2) is 42.7 Å². The summed E-state index contributed by atoms with van der Waals surface area (Å²) in [5.41, 5.74) is 3.05. The Kier molecular flexibility index (Phi) is 5.86. The molecule has 0 bridgehead atoms. The summed E-state index contributed by atoms with van der Waals surface area (Å²) in [5.74, 6) is 2.36. The number of nitrogens with zero attached hydrogens (tertiary/aromatic N) is 3. The first kappa shape index (κ1) is 19.8. The number of quaternary nitrogens is 1. The lowest BCUT2D eigenvalue weighted by Gasteiger charge is -2.23. The van der Waals surface area contributed by atoms with Gasteiger partial charge >= 0.3 is 0 Å². The Morgan fingerprint density at radius 3 is 2.47 bits per heavy atom. The highest BCUT2D eigenvalue weighted by atomic mass is 16.5. The smallest absolute Gasteiger partial charge is 0.163 e. The molecule has 0 spiro atoms. The Balaban J connectivity index is 1.66. The predicted octanol–water partition coefficient (Wildman–Crippen LogP) is 3.00. The lowest BCUT2D eigenvalue weighted by Crippen LogP contribution is -3.06. The normalized spacial score (nSPS) is 12.1. The van der Waals surface area contributed by atoms with Gasteiger partial charge in [0.05, 0.1) is 33.3 Å². The number of nitrogens with one attached hydrogen (secondary N) is 2. The van der Waals surface area contributed by atoms with Crippen LogP contribution in [0.5, 0.6) is 5.75 Å². The molecule has 0 saturated carbocycles. The van der Waals surface area contributed by atoms with E-state index in [2.05, 4.69) is 42.6 Å². The molecule has 6 heteroatoms. The van der Waals surface area contributed by atoms with E-state index in [9.17, 15) is 0 Å². The topological polar surface area (TPSA) is 64.4 Å². The summed E-state index contributed by atoms with van der Waals surface area (Å²) in [4.78, 5) is 15.1. The van der Waals surface area contributed by atoms with Crippen LogP contribution in [0.25, 0.3) is 22.3 Å². The minimum atomic E-state index is 0.256. The van der Waals surface area contributed by atoms with Gasteiger partial charge < -0.3 is 15.0 Å². The fourth-order valence-corrected chi connectivity index (χ4v) is 3.53. The van der Waals surface area contributed by atoms with Crippen LogP contribution in [-0.2, 0) is 0 Å². The fraction of sp³-hybridized carbons (Fsp3) is 0.208. The summed E-state index contributed by atoms with van der Waals surface area (Å²) in [6.07, 6.45) is 3.54. The summed E-state index contributed by atoms with van der Waals surface area (Å²) in [5, 5.41) is 4.59. The average molecular weight is 401 g/mol. The Labute approximate surface area is 176 Å². The van der Waals surface area contributed by atoms with Crippen LogP contribution in [0.2, 0.25) is 0 Å². The molecule has 2 heterocycles. The number of para-hydroxylation sites is 1. The highest BCUT2D eigenvalue weighted by Crippen LogP contribution is 2.25. The Bertz CT molecular complexity index is 1110. The zero-order valence-electron chi connectivity index (χ0n) is 17.5. The lowest BCUT2D eigenvalue weighted by molar-refractivity contribution is -0.890. The van der Waals surface area contributed by atoms with Crippen LogP contribution < -0.4 is 15.0 Å². The Morgan fingerprint density at radius 2 is 1.77 bits per heavy atom. The molecule has 4 aromatic rings. The van der Waals surface area contributed by atoms with Gasteiger partial charge in [0.1, 0.15) is 17.6 Å². The molecule has 0 aliphatic rings. The molecule has 1 atom stereocenters. The molecule has 30 heavy (non-hydrogen) atoms. The largest absolute Gasteiger partial charge is 0.497 e. The lowest BCUT2D eigenvalue weighted by atomic mass is 10.1. The Hall–Kier alpha value is -3.51. The molecule has 2 aromatic carbocycles. The molecular weight excluding hydrogens is 374 g/mol. The van der Waals surface area contributed by atoms with Crippen molar-refractivity contribution < 1.29 is 9.64 Å². The molecule has 6 nitrogen and oxygen atoms in total. The van der Waals surface area contributed by atoms with Gasteiger partial charge in [-0.15, -0.1) is 0 Å². The number of likely N-dealkylation sites (N-methyl/N-ethyl adjacent to an activating group) is 1. The molecule has 0 aliphatic heterocycles. The number of anilines is 1. The first-order valence-corrected chi connectivity index (χ1v) is 10.0. The average Bonchev–Trinajstić information content (AvgIpc) is 2.79. The number of hydrogen-bond donors (Lipinski definition) is 2. The van der Waals surface area contributed by atoms with Crippen LogP contribution in [0, 0.1) is 0 Å². The van der Waals surface area contributed by atoms with Gasteiger partial charge in [0.2, 0.25) is 0 Å². The molecule has 0 fully saturated rings. The number of ether oxygens (including phenoxy) is 1. The third-order valence-electron chi connectivity index (χ3n) is 5.21. The molecule has 0 radical (unpaired) electrons. The van der Waals surface area contributed by atoms with Crippen molar-refractivity contribution in [3.05, 3.63) is 78.6 Å². The minimum Gasteiger partial charge on any atom is -0.497 e. The predicted molar refractivity (Wildman–Crippen MR) is 120 cm³/mol. The van der Waals surface area contributed by atoms with Gasteiger partial charge in [0.15, 0.2) is 5.82 Å². The third-order valence-corrected chi connectivity index (χ3v) is 5.21. The molecule has 0 amide bonds. The molecule has 0 unspecified atom stereocenters. The van der Waals surface area contributed by atoms with E-state index in [0.717, 1.165) is 34.6 Å². The highest BCUT2D eigenvalue weighted by Gasteiger charge is 2.19. The quantitative estimate of drug-likeness (QED) is 0.499. The number of aromatic nitrogens is 3. The van der Waals surface area contributed by atoms with Crippen molar-refractivity contribution in [3.63, 3.8) is 0 Å². The van der Waals surface area contributed by atoms with E-state index in [1.54, 1.807) is 19.5 Å². The zero-order chi connectivity index (χ0) is 20.9. The maximum absolute atomic E-state index is 5.30. The summed E-state index contributed by atoms with van der Waals surface area (Å²) >= 11 is 0. The van der Waals surface area contributed by atoms with Gasteiger partial charge in [-0.3, -0.25) is 4.98 Å². The van der Waals surface area contributed by atoms with Crippen molar-refractivity contribution in [2.75, 3.05) is 33.1 Å². The number of hydrogen-bond acceptors (Lipinski definition) is 5. The fourth-order valence-electron chi connectivity index (χ4n) is 3.53. The van der Waals surface area contributed by atoms with Gasteiger partial charge in [-0.05, 0) is 48.5 Å². The Morgan fingerprint density at radius 1 is 0.967 bits per heavy atom. The van der Waals surface area contributed by atoms with Crippen molar-refractivity contribution in [2.45, 2.75) is 6.04 Å². The molecular formula is C24H26N5O+. The number of benzene rings is 2. The van der Waals surface area contributed by atoms with E-state index in [1.807, 2.05) is 42.5 Å². The van der Waals surface area contributed by atoms with Gasteiger partial charge in [-0.25, -0.2) is 9.97 Å². The SMILES string of the molecule is COc1ccc([C@H](CNc2nc(-c3cccnc3)nc3ccccc23)[NH+](C)C)cc1. The van der Waals surface area contributed by atoms with E-state index >= 15 is 0 Å². The molecule has 152 valence electrons. The highest BCUT2D eigenvalue weighted by molar-refractivity contribution is 5.90. The summed E-state index contributed by atoms with van der Waals surface area (Å²) in [7, 11) is 6.01. The van der Waals surface area contributed by atoms with E-state index in [4.69, 9.17) is 14.7 Å². The van der Waals surface area contributed by atoms with Crippen LogP contribution in [0.3, 0.4) is 0 Å². The second-order valence-corrected chi connectivity index (χ2v) is 7.44. The number of pyridine rings is 1. The van der Waals surface area contributed by atoms with Crippen LogP contribution in [0.15, 0.2) is 73.1 Å². The minimum absolute atomic E-state index is 0.256. The maximum Gasteiger partial charge on any atom is 0.163 e. The second kappa shape index (κ2) is 8.88. The van der Waals surface area contributed by atoms with Crippen molar-refractivity contribution in [3.8, 4) is 17.1 Å². The van der Waals surface area contributed by atoms with Crippen molar-refractivity contribution in [1.82, 2.24) is 15.0 Å². The summed E-state index contributed by atoms with van der Waals surface area (Å²) in [6.45, 7) is 0.738. The summed E-state index contributed by atoms with van der Waals surface area (Å²) in [6, 6.07) is 20.5. The number of rotatable bonds is 7. The molecule has 4 rings (SSSR count). The number of fused-ring (bicyclic) bond motifs is 1. The standard InChI is InChI=1S/C24H25N5O/c1-29(2)22(17-10-12-19(30-3)13-11-17)16-26-24-20-8-4-5-9-21(20)27-23(28-24)18-7-6-14-25-15-18/h4-15,22H,16H2,1-3H3,(H,26,27,28)/p+1/t22-/m0/s1. The molecule has 2 N–H and O–H groups in total. The third kappa shape index (κ3) is 4.23. The maximum atomic E-state index is 5.30. The monoisotopic (exact) mass is 400 g/mol. The zero-order valence-corrected chi connectivity index (χ0v) is 17.5. The van der Waals surface area contributed by atoms with E-state index in [1.165, 1.54) is 10.5 Å². The molecule has 2 aromatic heterocycles. The van der Waals surface area contributed by atoms with Crippen molar-refractivity contribution >= 4 is 16.7 Å². The van der Waals surface area contributed by atoms with Crippen LogP contribution in [0.1, 0.15) is 11.6 Å². The van der Waals surface area contributed by atoms with Gasteiger partial charge in [-0.2, -0.15) is 0 Å².